The van der Waals surface area contributed by atoms with E-state index in [1.54, 1.807) is 17.8 Å². The average molecular weight is 257 g/mol. The maximum absolute atomic E-state index is 11.8. The zero-order chi connectivity index (χ0) is 12.1. The van der Waals surface area contributed by atoms with E-state index in [0.717, 1.165) is 12.0 Å². The third kappa shape index (κ3) is 3.84. The second-order valence-electron chi connectivity index (χ2n) is 3.92. The fourth-order valence-corrected chi connectivity index (χ4v) is 2.20. The monoisotopic (exact) mass is 256 g/mol. The predicted molar refractivity (Wildman–Crippen MR) is 72.7 cm³/mol. The molecule has 16 heavy (non-hydrogen) atoms. The van der Waals surface area contributed by atoms with Crippen LogP contribution in [0.25, 0.3) is 0 Å². The molecule has 1 rings (SSSR count). The number of hydrogen-bond donors (Lipinski definition) is 0. The molecular formula is C13H17ClOS. The lowest BCUT2D eigenvalue weighted by Crippen LogP contribution is -2.06. The number of carbonyl (C=O) groups excluding carboxylic acids is 1. The summed E-state index contributed by atoms with van der Waals surface area (Å²) in [5, 5.41) is 1.20. The zero-order valence-electron chi connectivity index (χ0n) is 9.92. The number of benzene rings is 1. The number of halogens is 1. The molecule has 0 aliphatic heterocycles. The Balaban J connectivity index is 2.63. The Labute approximate surface area is 107 Å². The summed E-state index contributed by atoms with van der Waals surface area (Å²) in [6.07, 6.45) is 1.09. The van der Waals surface area contributed by atoms with Gasteiger partial charge in [0.1, 0.15) is 0 Å². The minimum atomic E-state index is 0.159. The summed E-state index contributed by atoms with van der Waals surface area (Å²) < 4.78 is 0. The van der Waals surface area contributed by atoms with Crippen molar-refractivity contribution in [1.82, 2.24) is 0 Å². The van der Waals surface area contributed by atoms with Crippen LogP contribution >= 0.6 is 23.4 Å². The van der Waals surface area contributed by atoms with Gasteiger partial charge in [-0.25, -0.2) is 0 Å². The number of ketones is 1. The molecule has 1 nitrogen and oxygen atoms in total. The minimum Gasteiger partial charge on any atom is -0.293 e. The van der Waals surface area contributed by atoms with Crippen LogP contribution in [0, 0.1) is 6.92 Å². The van der Waals surface area contributed by atoms with Crippen molar-refractivity contribution >= 4 is 29.1 Å². The third-order valence-corrected chi connectivity index (χ3v) is 4.31. The molecule has 1 atom stereocenters. The van der Waals surface area contributed by atoms with Crippen LogP contribution in [0.3, 0.4) is 0 Å². The van der Waals surface area contributed by atoms with Crippen molar-refractivity contribution in [1.29, 1.82) is 0 Å². The molecule has 1 aromatic rings. The van der Waals surface area contributed by atoms with E-state index in [2.05, 4.69) is 13.8 Å². The number of thioether (sulfide) groups is 1. The molecular weight excluding hydrogens is 240 g/mol. The molecule has 3 heteroatoms. The smallest absolute Gasteiger partial charge is 0.172 e. The summed E-state index contributed by atoms with van der Waals surface area (Å²) in [4.78, 5) is 11.8. The SMILES string of the molecule is CCC(C)SCC(=O)c1ccc(C)c(Cl)c1. The van der Waals surface area contributed by atoms with Crippen LogP contribution in [-0.2, 0) is 0 Å². The molecule has 0 amide bonds. The van der Waals surface area contributed by atoms with Crippen LogP contribution < -0.4 is 0 Å². The van der Waals surface area contributed by atoms with E-state index in [1.807, 2.05) is 19.1 Å². The molecule has 1 aromatic carbocycles. The summed E-state index contributed by atoms with van der Waals surface area (Å²) in [6, 6.07) is 5.50. The van der Waals surface area contributed by atoms with Crippen molar-refractivity contribution in [2.45, 2.75) is 32.4 Å². The average Bonchev–Trinajstić information content (AvgIpc) is 2.29. The van der Waals surface area contributed by atoms with Crippen LogP contribution in [0.15, 0.2) is 18.2 Å². The largest absolute Gasteiger partial charge is 0.293 e. The molecule has 88 valence electrons. The predicted octanol–water partition coefficient (Wildman–Crippen LogP) is 4.36. The Kier molecular flexibility index (Phi) is 5.36. The van der Waals surface area contributed by atoms with E-state index in [-0.39, 0.29) is 5.78 Å². The van der Waals surface area contributed by atoms with Crippen molar-refractivity contribution in [2.75, 3.05) is 5.75 Å². The first-order chi connectivity index (χ1) is 7.54. The highest BCUT2D eigenvalue weighted by molar-refractivity contribution is 8.00. The second kappa shape index (κ2) is 6.31. The van der Waals surface area contributed by atoms with Gasteiger partial charge in [-0.15, -0.1) is 0 Å². The van der Waals surface area contributed by atoms with E-state index in [1.165, 1.54) is 0 Å². The Morgan fingerprint density at radius 1 is 1.50 bits per heavy atom. The molecule has 1 unspecified atom stereocenters. The van der Waals surface area contributed by atoms with Gasteiger partial charge in [0.2, 0.25) is 0 Å². The highest BCUT2D eigenvalue weighted by Crippen LogP contribution is 2.20. The van der Waals surface area contributed by atoms with Crippen molar-refractivity contribution in [3.05, 3.63) is 34.3 Å². The molecule has 0 saturated heterocycles. The Bertz CT molecular complexity index is 376. The normalized spacial score (nSPS) is 12.5. The van der Waals surface area contributed by atoms with Gasteiger partial charge in [0, 0.05) is 15.8 Å². The van der Waals surface area contributed by atoms with Crippen molar-refractivity contribution in [2.24, 2.45) is 0 Å². The fraction of sp³-hybridized carbons (Fsp3) is 0.462. The summed E-state index contributed by atoms with van der Waals surface area (Å²) in [7, 11) is 0. The molecule has 0 spiro atoms. The molecule has 0 heterocycles. The number of hydrogen-bond acceptors (Lipinski definition) is 2. The second-order valence-corrected chi connectivity index (χ2v) is 5.75. The van der Waals surface area contributed by atoms with Crippen LogP contribution in [0.2, 0.25) is 5.02 Å². The van der Waals surface area contributed by atoms with E-state index in [9.17, 15) is 4.79 Å². The first-order valence-electron chi connectivity index (χ1n) is 5.45. The molecule has 0 aliphatic rings. The summed E-state index contributed by atoms with van der Waals surface area (Å²) in [6.45, 7) is 6.20. The maximum atomic E-state index is 11.8. The first-order valence-corrected chi connectivity index (χ1v) is 6.88. The van der Waals surface area contributed by atoms with Gasteiger partial charge < -0.3 is 0 Å². The molecule has 0 bridgehead atoms. The van der Waals surface area contributed by atoms with Crippen molar-refractivity contribution in [3.8, 4) is 0 Å². The van der Waals surface area contributed by atoms with E-state index in [0.29, 0.717) is 21.6 Å². The zero-order valence-corrected chi connectivity index (χ0v) is 11.5. The van der Waals surface area contributed by atoms with Gasteiger partial charge in [-0.3, -0.25) is 4.79 Å². The molecule has 0 radical (unpaired) electrons. The quantitative estimate of drug-likeness (QED) is 0.728. The standard InChI is InChI=1S/C13H17ClOS/c1-4-10(3)16-8-13(15)11-6-5-9(2)12(14)7-11/h5-7,10H,4,8H2,1-3H3. The number of aryl methyl sites for hydroxylation is 1. The molecule has 0 aromatic heterocycles. The van der Waals surface area contributed by atoms with Crippen LogP contribution in [0.1, 0.15) is 36.2 Å². The Hall–Kier alpha value is -0.470. The van der Waals surface area contributed by atoms with Crippen molar-refractivity contribution in [3.63, 3.8) is 0 Å². The lowest BCUT2D eigenvalue weighted by Gasteiger charge is -2.07. The van der Waals surface area contributed by atoms with Crippen molar-refractivity contribution < 1.29 is 4.79 Å². The highest BCUT2D eigenvalue weighted by atomic mass is 35.5. The van der Waals surface area contributed by atoms with Gasteiger partial charge >= 0.3 is 0 Å². The van der Waals surface area contributed by atoms with Gasteiger partial charge in [0.05, 0.1) is 5.75 Å². The number of Topliss-reactive ketones (excluding diaryl/α,β-unsaturated/α-hetero) is 1. The maximum Gasteiger partial charge on any atom is 0.172 e. The molecule has 0 saturated carbocycles. The summed E-state index contributed by atoms with van der Waals surface area (Å²) >= 11 is 7.69. The van der Waals surface area contributed by atoms with Crippen LogP contribution in [-0.4, -0.2) is 16.8 Å². The van der Waals surface area contributed by atoms with Gasteiger partial charge in [-0.1, -0.05) is 37.6 Å². The fourth-order valence-electron chi connectivity index (χ4n) is 1.19. The molecule has 0 fully saturated rings. The van der Waals surface area contributed by atoms with Gasteiger partial charge in [-0.2, -0.15) is 11.8 Å². The summed E-state index contributed by atoms with van der Waals surface area (Å²) in [5.41, 5.74) is 1.72. The molecule has 0 aliphatic carbocycles. The first kappa shape index (κ1) is 13.6. The number of carbonyl (C=O) groups is 1. The third-order valence-electron chi connectivity index (χ3n) is 2.57. The van der Waals surface area contributed by atoms with Crippen LogP contribution in [0.4, 0.5) is 0 Å². The van der Waals surface area contributed by atoms with Gasteiger partial charge in [0.15, 0.2) is 5.78 Å². The Morgan fingerprint density at radius 3 is 2.75 bits per heavy atom. The Morgan fingerprint density at radius 2 is 2.19 bits per heavy atom. The van der Waals surface area contributed by atoms with Gasteiger partial charge in [-0.05, 0) is 25.0 Å². The van der Waals surface area contributed by atoms with E-state index >= 15 is 0 Å². The topological polar surface area (TPSA) is 17.1 Å². The number of rotatable bonds is 5. The van der Waals surface area contributed by atoms with Gasteiger partial charge in [0.25, 0.3) is 0 Å². The lowest BCUT2D eigenvalue weighted by atomic mass is 10.1. The van der Waals surface area contributed by atoms with E-state index < -0.39 is 0 Å². The van der Waals surface area contributed by atoms with Crippen LogP contribution in [0.5, 0.6) is 0 Å². The van der Waals surface area contributed by atoms with E-state index in [4.69, 9.17) is 11.6 Å². The summed E-state index contributed by atoms with van der Waals surface area (Å²) in [5.74, 6) is 0.696. The lowest BCUT2D eigenvalue weighted by molar-refractivity contribution is 0.102. The highest BCUT2D eigenvalue weighted by Gasteiger charge is 2.09. The minimum absolute atomic E-state index is 0.159. The molecule has 0 N–H and O–H groups in total.